The molecular weight excluding hydrogens is 472 g/mol. The number of nitrogens with zero attached hydrogens (tertiary/aromatic N) is 3. The number of nitrogens with one attached hydrogen (secondary N) is 3. The summed E-state index contributed by atoms with van der Waals surface area (Å²) in [5.74, 6) is -1.04. The van der Waals surface area contributed by atoms with E-state index in [1.807, 2.05) is 19.1 Å². The highest BCUT2D eigenvalue weighted by atomic mass is 32.1. The van der Waals surface area contributed by atoms with Crippen LogP contribution in [0.25, 0.3) is 11.3 Å². The van der Waals surface area contributed by atoms with Crippen LogP contribution >= 0.6 is 11.3 Å². The molecule has 1 amide bonds. The van der Waals surface area contributed by atoms with Crippen LogP contribution in [0.4, 0.5) is 16.5 Å². The number of aromatic amines is 1. The molecule has 0 saturated carbocycles. The zero-order valence-electron chi connectivity index (χ0n) is 18.6. The highest BCUT2D eigenvalue weighted by Gasteiger charge is 2.20. The largest absolute Gasteiger partial charge is 0.464 e. The van der Waals surface area contributed by atoms with Crippen molar-refractivity contribution in [3.63, 3.8) is 0 Å². The van der Waals surface area contributed by atoms with Gasteiger partial charge in [-0.1, -0.05) is 6.07 Å². The van der Waals surface area contributed by atoms with Crippen LogP contribution in [0, 0.1) is 10.1 Å². The Morgan fingerprint density at radius 2 is 2.06 bits per heavy atom. The second-order valence-corrected chi connectivity index (χ2v) is 8.25. The monoisotopic (exact) mass is 492 g/mol. The molecule has 0 saturated heterocycles. The molecule has 0 bridgehead atoms. The van der Waals surface area contributed by atoms with Crippen molar-refractivity contribution >= 4 is 39.7 Å². The van der Waals surface area contributed by atoms with Gasteiger partial charge in [0.15, 0.2) is 5.13 Å². The quantitative estimate of drug-likeness (QED) is 0.182. The molecule has 3 heterocycles. The first kappa shape index (κ1) is 23.6. The van der Waals surface area contributed by atoms with E-state index in [-0.39, 0.29) is 28.7 Å². The van der Waals surface area contributed by atoms with Crippen LogP contribution in [0.2, 0.25) is 0 Å². The van der Waals surface area contributed by atoms with E-state index >= 15 is 0 Å². The van der Waals surface area contributed by atoms with Crippen LogP contribution in [0.5, 0.6) is 0 Å². The molecule has 3 N–H and O–H groups in total. The number of carbonyl (C=O) groups excluding carboxylic acids is 2. The van der Waals surface area contributed by atoms with Gasteiger partial charge in [0.2, 0.25) is 0 Å². The minimum absolute atomic E-state index is 0.110. The zero-order valence-corrected chi connectivity index (χ0v) is 19.5. The number of benzene rings is 1. The van der Waals surface area contributed by atoms with Gasteiger partial charge in [-0.2, -0.15) is 0 Å². The average molecular weight is 493 g/mol. The summed E-state index contributed by atoms with van der Waals surface area (Å²) in [5, 5.41) is 19.4. The summed E-state index contributed by atoms with van der Waals surface area (Å²) in [7, 11) is 1.29. The second kappa shape index (κ2) is 10.1. The fourth-order valence-electron chi connectivity index (χ4n) is 3.29. The van der Waals surface area contributed by atoms with Gasteiger partial charge in [-0.3, -0.25) is 25.2 Å². The number of hydrogen-bond acceptors (Lipinski definition) is 9. The zero-order chi connectivity index (χ0) is 24.9. The summed E-state index contributed by atoms with van der Waals surface area (Å²) >= 11 is 1.18. The van der Waals surface area contributed by atoms with E-state index in [9.17, 15) is 19.7 Å². The van der Waals surface area contributed by atoms with Gasteiger partial charge < -0.3 is 15.0 Å². The van der Waals surface area contributed by atoms with Crippen molar-refractivity contribution in [2.24, 2.45) is 0 Å². The Balaban J connectivity index is 1.49. The molecule has 1 aromatic carbocycles. The number of anilines is 2. The molecule has 12 heteroatoms. The van der Waals surface area contributed by atoms with Gasteiger partial charge in [0.1, 0.15) is 11.4 Å². The minimum Gasteiger partial charge on any atom is -0.464 e. The lowest BCUT2D eigenvalue weighted by molar-refractivity contribution is -0.384. The standard InChI is InChI=1S/C23H20N6O5S/c1-13(16-5-3-4-8-24-16)26-17-7-6-14(10-20(17)29(32)33)21(30)28-23-27-19(12-35-23)15-9-18(25-11-15)22(31)34-2/h3-13,25-26H,1-2H3,(H,27,28,30). The van der Waals surface area contributed by atoms with Gasteiger partial charge in [-0.25, -0.2) is 9.78 Å². The maximum Gasteiger partial charge on any atom is 0.354 e. The fraction of sp³-hybridized carbons (Fsp3) is 0.130. The van der Waals surface area contributed by atoms with Crippen molar-refractivity contribution < 1.29 is 19.2 Å². The van der Waals surface area contributed by atoms with E-state index in [0.717, 1.165) is 5.69 Å². The van der Waals surface area contributed by atoms with Gasteiger partial charge in [-0.05, 0) is 37.3 Å². The number of rotatable bonds is 8. The highest BCUT2D eigenvalue weighted by Crippen LogP contribution is 2.30. The Bertz CT molecular complexity index is 1380. The number of hydrogen-bond donors (Lipinski definition) is 3. The summed E-state index contributed by atoms with van der Waals surface area (Å²) in [4.78, 5) is 46.9. The van der Waals surface area contributed by atoms with E-state index in [4.69, 9.17) is 0 Å². The second-order valence-electron chi connectivity index (χ2n) is 7.40. The van der Waals surface area contributed by atoms with Crippen LogP contribution < -0.4 is 10.6 Å². The van der Waals surface area contributed by atoms with E-state index in [1.165, 1.54) is 36.6 Å². The number of H-pyrrole nitrogens is 1. The highest BCUT2D eigenvalue weighted by molar-refractivity contribution is 7.14. The molecule has 0 aliphatic carbocycles. The van der Waals surface area contributed by atoms with Crippen molar-refractivity contribution in [3.8, 4) is 11.3 Å². The van der Waals surface area contributed by atoms with E-state index in [0.29, 0.717) is 16.4 Å². The molecule has 11 nitrogen and oxygen atoms in total. The van der Waals surface area contributed by atoms with E-state index < -0.39 is 16.8 Å². The Kier molecular flexibility index (Phi) is 6.83. The molecule has 0 aliphatic heterocycles. The van der Waals surface area contributed by atoms with Crippen molar-refractivity contribution in [3.05, 3.63) is 87.3 Å². The summed E-state index contributed by atoms with van der Waals surface area (Å²) in [6, 6.07) is 11.0. The lowest BCUT2D eigenvalue weighted by Crippen LogP contribution is -2.13. The molecule has 0 spiro atoms. The number of esters is 1. The smallest absolute Gasteiger partial charge is 0.354 e. The van der Waals surface area contributed by atoms with Crippen molar-refractivity contribution in [1.29, 1.82) is 0 Å². The number of aromatic nitrogens is 3. The number of carbonyl (C=O) groups is 2. The first-order valence-corrected chi connectivity index (χ1v) is 11.2. The van der Waals surface area contributed by atoms with Crippen LogP contribution in [-0.4, -0.2) is 38.9 Å². The molecule has 0 fully saturated rings. The molecule has 1 unspecified atom stereocenters. The average Bonchev–Trinajstić information content (AvgIpc) is 3.54. The molecule has 4 aromatic rings. The van der Waals surface area contributed by atoms with Crippen LogP contribution in [-0.2, 0) is 4.74 Å². The molecular formula is C23H20N6O5S. The molecule has 178 valence electrons. The Morgan fingerprint density at radius 1 is 1.23 bits per heavy atom. The number of methoxy groups -OCH3 is 1. The Labute approximate surface area is 203 Å². The van der Waals surface area contributed by atoms with Crippen LogP contribution in [0.3, 0.4) is 0 Å². The number of pyridine rings is 1. The number of ether oxygens (including phenoxy) is 1. The lowest BCUT2D eigenvalue weighted by Gasteiger charge is -2.15. The van der Waals surface area contributed by atoms with Crippen molar-refractivity contribution in [1.82, 2.24) is 15.0 Å². The fourth-order valence-corrected chi connectivity index (χ4v) is 4.00. The van der Waals surface area contributed by atoms with Crippen molar-refractivity contribution in [2.45, 2.75) is 13.0 Å². The SMILES string of the molecule is COC(=O)c1cc(-c2csc(NC(=O)c3ccc(NC(C)c4ccccn4)c([N+](=O)[O-])c3)n2)c[nH]1. The number of nitro groups is 1. The number of nitro benzene ring substituents is 1. The Hall–Kier alpha value is -4.58. The minimum atomic E-state index is -0.545. The maximum atomic E-state index is 12.8. The van der Waals surface area contributed by atoms with Gasteiger partial charge in [0.05, 0.1) is 29.5 Å². The summed E-state index contributed by atoms with van der Waals surface area (Å²) in [6.45, 7) is 1.84. The first-order valence-electron chi connectivity index (χ1n) is 10.4. The van der Waals surface area contributed by atoms with Crippen molar-refractivity contribution in [2.75, 3.05) is 17.7 Å². The summed E-state index contributed by atoms with van der Waals surface area (Å²) < 4.78 is 4.67. The van der Waals surface area contributed by atoms with Gasteiger partial charge in [-0.15, -0.1) is 11.3 Å². The Morgan fingerprint density at radius 3 is 2.77 bits per heavy atom. The third-order valence-corrected chi connectivity index (χ3v) is 5.83. The maximum absolute atomic E-state index is 12.8. The van der Waals surface area contributed by atoms with Crippen LogP contribution in [0.15, 0.2) is 60.2 Å². The third-order valence-electron chi connectivity index (χ3n) is 5.07. The lowest BCUT2D eigenvalue weighted by atomic mass is 10.1. The molecule has 1 atom stereocenters. The molecule has 35 heavy (non-hydrogen) atoms. The normalized spacial score (nSPS) is 11.5. The number of amides is 1. The first-order chi connectivity index (χ1) is 16.9. The number of thiazole rings is 1. The molecule has 0 aliphatic rings. The molecule has 4 rings (SSSR count). The summed E-state index contributed by atoms with van der Waals surface area (Å²) in [6.07, 6.45) is 3.25. The third kappa shape index (κ3) is 5.33. The summed E-state index contributed by atoms with van der Waals surface area (Å²) in [5.41, 5.74) is 2.35. The van der Waals surface area contributed by atoms with Gasteiger partial charge in [0, 0.05) is 35.0 Å². The van der Waals surface area contributed by atoms with E-state index in [1.54, 1.807) is 29.9 Å². The van der Waals surface area contributed by atoms with Gasteiger partial charge >= 0.3 is 5.97 Å². The predicted octanol–water partition coefficient (Wildman–Crippen LogP) is 4.65. The van der Waals surface area contributed by atoms with Gasteiger partial charge in [0.25, 0.3) is 11.6 Å². The molecule has 3 aromatic heterocycles. The topological polar surface area (TPSA) is 152 Å². The van der Waals surface area contributed by atoms with Crippen LogP contribution in [0.1, 0.15) is 39.5 Å². The predicted molar refractivity (Wildman–Crippen MR) is 131 cm³/mol. The molecule has 0 radical (unpaired) electrons. The van der Waals surface area contributed by atoms with E-state index in [2.05, 4.69) is 30.3 Å².